The number of hydrazine groups is 1. The summed E-state index contributed by atoms with van der Waals surface area (Å²) >= 11 is 3.33. The third-order valence-corrected chi connectivity index (χ3v) is 4.46. The first-order valence-electron chi connectivity index (χ1n) is 8.18. The van der Waals surface area contributed by atoms with Gasteiger partial charge in [-0.1, -0.05) is 12.1 Å². The highest BCUT2D eigenvalue weighted by Gasteiger charge is 2.24. The van der Waals surface area contributed by atoms with E-state index in [-0.39, 0.29) is 22.9 Å². The standard InChI is InChI=1S/C17H12BrN7O5/c18-12-3-1-2-4-13(12)21-15-14(25(29)30)16(20-9-19-15)22-23-17(26)10-5-7-11(8-6-10)24(27)28/h1-9H,(H,23,26)(H2,19,20,21,22). The molecule has 152 valence electrons. The molecular weight excluding hydrogens is 462 g/mol. The smallest absolute Gasteiger partial charge is 0.333 e. The molecule has 1 aromatic heterocycles. The van der Waals surface area contributed by atoms with Crippen LogP contribution in [-0.2, 0) is 0 Å². The Morgan fingerprint density at radius 3 is 2.23 bits per heavy atom. The van der Waals surface area contributed by atoms with E-state index in [0.717, 1.165) is 6.33 Å². The second kappa shape index (κ2) is 8.91. The fourth-order valence-corrected chi connectivity index (χ4v) is 2.73. The second-order valence-electron chi connectivity index (χ2n) is 5.66. The van der Waals surface area contributed by atoms with E-state index in [1.807, 2.05) is 0 Å². The lowest BCUT2D eigenvalue weighted by atomic mass is 10.2. The number of hydrogen-bond donors (Lipinski definition) is 3. The number of amides is 1. The molecule has 13 heteroatoms. The summed E-state index contributed by atoms with van der Waals surface area (Å²) < 4.78 is 0.666. The number of non-ortho nitro benzene ring substituents is 1. The molecule has 30 heavy (non-hydrogen) atoms. The largest absolute Gasteiger partial charge is 0.355 e. The Kier molecular flexibility index (Phi) is 6.12. The van der Waals surface area contributed by atoms with E-state index in [4.69, 9.17) is 0 Å². The normalized spacial score (nSPS) is 10.2. The molecule has 0 saturated carbocycles. The van der Waals surface area contributed by atoms with Crippen LogP contribution < -0.4 is 16.2 Å². The molecule has 12 nitrogen and oxygen atoms in total. The van der Waals surface area contributed by atoms with Crippen LogP contribution in [0.1, 0.15) is 10.4 Å². The van der Waals surface area contributed by atoms with Crippen molar-refractivity contribution in [3.05, 3.63) is 85.1 Å². The fourth-order valence-electron chi connectivity index (χ4n) is 2.35. The van der Waals surface area contributed by atoms with Crippen molar-refractivity contribution in [1.29, 1.82) is 0 Å². The quantitative estimate of drug-likeness (QED) is 0.343. The Morgan fingerprint density at radius 2 is 1.60 bits per heavy atom. The molecule has 0 aliphatic carbocycles. The number of nitro groups is 2. The van der Waals surface area contributed by atoms with E-state index in [1.54, 1.807) is 24.3 Å². The molecule has 0 fully saturated rings. The SMILES string of the molecule is O=C(NNc1ncnc(Nc2ccccc2Br)c1[N+](=O)[O-])c1ccc([N+](=O)[O-])cc1. The van der Waals surface area contributed by atoms with Gasteiger partial charge in [-0.3, -0.25) is 35.9 Å². The predicted octanol–water partition coefficient (Wildman–Crippen LogP) is 3.56. The first-order chi connectivity index (χ1) is 14.4. The number of nitrogens with zero attached hydrogens (tertiary/aromatic N) is 4. The van der Waals surface area contributed by atoms with Crippen LogP contribution in [0, 0.1) is 20.2 Å². The number of anilines is 3. The summed E-state index contributed by atoms with van der Waals surface area (Å²) in [5, 5.41) is 25.1. The van der Waals surface area contributed by atoms with Gasteiger partial charge in [0.2, 0.25) is 11.6 Å². The van der Waals surface area contributed by atoms with Crippen molar-refractivity contribution in [2.45, 2.75) is 0 Å². The summed E-state index contributed by atoms with van der Waals surface area (Å²) in [5.41, 5.74) is 4.65. The van der Waals surface area contributed by atoms with Gasteiger partial charge in [0, 0.05) is 22.2 Å². The summed E-state index contributed by atoms with van der Waals surface area (Å²) in [7, 11) is 0. The maximum Gasteiger partial charge on any atom is 0.355 e. The lowest BCUT2D eigenvalue weighted by molar-refractivity contribution is -0.384. The molecule has 0 saturated heterocycles. The van der Waals surface area contributed by atoms with Gasteiger partial charge >= 0.3 is 5.69 Å². The molecule has 3 N–H and O–H groups in total. The van der Waals surface area contributed by atoms with Gasteiger partial charge in [-0.15, -0.1) is 0 Å². The summed E-state index contributed by atoms with van der Waals surface area (Å²) in [5.74, 6) is -1.01. The van der Waals surface area contributed by atoms with Gasteiger partial charge in [0.05, 0.1) is 15.5 Å². The lowest BCUT2D eigenvalue weighted by Gasteiger charge is -2.11. The molecule has 3 rings (SSSR count). The van der Waals surface area contributed by atoms with Gasteiger partial charge < -0.3 is 5.32 Å². The van der Waals surface area contributed by atoms with Gasteiger partial charge in [0.25, 0.3) is 11.6 Å². The van der Waals surface area contributed by atoms with E-state index in [0.29, 0.717) is 10.2 Å². The molecular formula is C17H12BrN7O5. The second-order valence-corrected chi connectivity index (χ2v) is 6.52. The Balaban J connectivity index is 1.80. The molecule has 0 bridgehead atoms. The number of nitrogens with one attached hydrogen (secondary N) is 3. The number of rotatable bonds is 7. The van der Waals surface area contributed by atoms with Crippen molar-refractivity contribution in [2.24, 2.45) is 0 Å². The van der Waals surface area contributed by atoms with Crippen LogP contribution in [0.2, 0.25) is 0 Å². The minimum atomic E-state index is -0.695. The fraction of sp³-hybridized carbons (Fsp3) is 0. The zero-order valence-corrected chi connectivity index (χ0v) is 16.5. The monoisotopic (exact) mass is 473 g/mol. The molecule has 3 aromatic rings. The van der Waals surface area contributed by atoms with Gasteiger partial charge in [-0.05, 0) is 40.2 Å². The van der Waals surface area contributed by atoms with E-state index < -0.39 is 21.4 Å². The molecule has 1 heterocycles. The average molecular weight is 474 g/mol. The van der Waals surface area contributed by atoms with Crippen molar-refractivity contribution in [2.75, 3.05) is 10.7 Å². The van der Waals surface area contributed by atoms with E-state index >= 15 is 0 Å². The third kappa shape index (κ3) is 4.64. The lowest BCUT2D eigenvalue weighted by Crippen LogP contribution is -2.30. The maximum atomic E-state index is 12.2. The van der Waals surface area contributed by atoms with Crippen LogP contribution in [0.3, 0.4) is 0 Å². The highest BCUT2D eigenvalue weighted by molar-refractivity contribution is 9.10. The average Bonchev–Trinajstić information content (AvgIpc) is 2.73. The molecule has 0 spiro atoms. The van der Waals surface area contributed by atoms with Crippen LogP contribution in [0.25, 0.3) is 0 Å². The van der Waals surface area contributed by atoms with Gasteiger partial charge in [0.15, 0.2) is 0 Å². The van der Waals surface area contributed by atoms with Gasteiger partial charge in [-0.25, -0.2) is 9.97 Å². The molecule has 0 aliphatic heterocycles. The van der Waals surface area contributed by atoms with Crippen molar-refractivity contribution in [3.63, 3.8) is 0 Å². The minimum Gasteiger partial charge on any atom is -0.333 e. The number of carbonyl (C=O) groups excluding carboxylic acids is 1. The van der Waals surface area contributed by atoms with Crippen molar-refractivity contribution < 1.29 is 14.6 Å². The molecule has 0 atom stereocenters. The number of nitro benzene ring substituents is 1. The zero-order valence-electron chi connectivity index (χ0n) is 14.9. The summed E-state index contributed by atoms with van der Waals surface area (Å²) in [6.07, 6.45) is 1.09. The van der Waals surface area contributed by atoms with E-state index in [9.17, 15) is 25.0 Å². The summed E-state index contributed by atoms with van der Waals surface area (Å²) in [4.78, 5) is 40.9. The third-order valence-electron chi connectivity index (χ3n) is 3.77. The highest BCUT2D eigenvalue weighted by Crippen LogP contribution is 2.33. The number of halogens is 1. The molecule has 0 unspecified atom stereocenters. The number of hydrogen-bond acceptors (Lipinski definition) is 9. The van der Waals surface area contributed by atoms with Crippen molar-refractivity contribution in [1.82, 2.24) is 15.4 Å². The zero-order chi connectivity index (χ0) is 21.7. The topological polar surface area (TPSA) is 165 Å². The number of para-hydroxylation sites is 1. The summed E-state index contributed by atoms with van der Waals surface area (Å²) in [6, 6.07) is 11.8. The number of benzene rings is 2. The van der Waals surface area contributed by atoms with Crippen LogP contribution in [0.4, 0.5) is 28.7 Å². The Hall–Kier alpha value is -4.13. The maximum absolute atomic E-state index is 12.2. The van der Waals surface area contributed by atoms with Crippen LogP contribution in [-0.4, -0.2) is 25.7 Å². The van der Waals surface area contributed by atoms with E-state index in [2.05, 4.69) is 42.1 Å². The van der Waals surface area contributed by atoms with Crippen molar-refractivity contribution >= 4 is 50.5 Å². The van der Waals surface area contributed by atoms with Crippen LogP contribution >= 0.6 is 15.9 Å². The first kappa shape index (κ1) is 20.6. The van der Waals surface area contributed by atoms with E-state index in [1.165, 1.54) is 24.3 Å². The van der Waals surface area contributed by atoms with Crippen molar-refractivity contribution in [3.8, 4) is 0 Å². The van der Waals surface area contributed by atoms with Gasteiger partial charge in [-0.2, -0.15) is 0 Å². The molecule has 2 aromatic carbocycles. The minimum absolute atomic E-state index is 0.0889. The van der Waals surface area contributed by atoms with Crippen LogP contribution in [0.15, 0.2) is 59.3 Å². The predicted molar refractivity (Wildman–Crippen MR) is 110 cm³/mol. The molecule has 1 amide bonds. The van der Waals surface area contributed by atoms with Crippen LogP contribution in [0.5, 0.6) is 0 Å². The Bertz CT molecular complexity index is 1120. The highest BCUT2D eigenvalue weighted by atomic mass is 79.9. The molecule has 0 aliphatic rings. The molecule has 0 radical (unpaired) electrons. The summed E-state index contributed by atoms with van der Waals surface area (Å²) in [6.45, 7) is 0. The Labute approximate surface area is 176 Å². The number of carbonyl (C=O) groups is 1. The number of aromatic nitrogens is 2. The first-order valence-corrected chi connectivity index (χ1v) is 8.98. The Morgan fingerprint density at radius 1 is 0.933 bits per heavy atom. The van der Waals surface area contributed by atoms with Gasteiger partial charge in [0.1, 0.15) is 6.33 Å².